The van der Waals surface area contributed by atoms with E-state index in [2.05, 4.69) is 31.2 Å². The number of hydrogen-bond acceptors (Lipinski definition) is 13. The molecule has 0 spiro atoms. The van der Waals surface area contributed by atoms with Gasteiger partial charge in [-0.2, -0.15) is 4.37 Å². The van der Waals surface area contributed by atoms with Crippen LogP contribution in [-0.2, 0) is 17.8 Å². The Hall–Kier alpha value is -5.68. The molecule has 8 rings (SSSR count). The van der Waals surface area contributed by atoms with E-state index < -0.39 is 24.5 Å². The fourth-order valence-corrected chi connectivity index (χ4v) is 8.79. The number of nitrogens with zero attached hydrogens (tertiary/aromatic N) is 7. The summed E-state index contributed by atoms with van der Waals surface area (Å²) in [6, 6.07) is 20.1. The normalized spacial score (nSPS) is 16.2. The van der Waals surface area contributed by atoms with Crippen LogP contribution in [0.3, 0.4) is 0 Å². The lowest BCUT2D eigenvalue weighted by Crippen LogP contribution is -2.45. The number of carboxylic acids is 1. The van der Waals surface area contributed by atoms with Crippen molar-refractivity contribution in [1.82, 2.24) is 29.1 Å². The number of benzene rings is 3. The van der Waals surface area contributed by atoms with Gasteiger partial charge in [-0.25, -0.2) is 23.5 Å². The molecule has 1 N–H and O–H groups in total. The molecule has 63 heavy (non-hydrogen) atoms. The number of aliphatic carboxylic acids is 1. The van der Waals surface area contributed by atoms with Crippen LogP contribution in [0.25, 0.3) is 32.5 Å². The molecule has 330 valence electrons. The number of para-hydroxylation sites is 1. The molecule has 2 aliphatic heterocycles. The van der Waals surface area contributed by atoms with Gasteiger partial charge in [0.25, 0.3) is 5.92 Å². The number of anilines is 1. The number of piperidine rings is 1. The largest absolute Gasteiger partial charge is 0.497 e. The first kappa shape index (κ1) is 43.9. The van der Waals surface area contributed by atoms with Gasteiger partial charge in [0.05, 0.1) is 40.2 Å². The Bertz CT molecular complexity index is 2580. The van der Waals surface area contributed by atoms with Gasteiger partial charge in [-0.05, 0) is 78.9 Å². The monoisotopic (exact) mass is 899 g/mol. The third-order valence-corrected chi connectivity index (χ3v) is 12.6. The molecule has 6 aromatic rings. The first-order valence-corrected chi connectivity index (χ1v) is 21.9. The minimum atomic E-state index is -2.81. The molecule has 0 radical (unpaired) electrons. The first-order valence-electron chi connectivity index (χ1n) is 20.8. The Morgan fingerprint density at radius 2 is 1.83 bits per heavy atom. The summed E-state index contributed by atoms with van der Waals surface area (Å²) in [5.41, 5.74) is 4.57. The molecule has 3 aromatic heterocycles. The average molecular weight is 900 g/mol. The number of ether oxygens (including phenoxy) is 4. The fraction of sp³-hybridized carbons (Fsp3) is 0.370. The molecule has 2 saturated heterocycles. The van der Waals surface area contributed by atoms with Crippen LogP contribution < -0.4 is 23.8 Å². The van der Waals surface area contributed by atoms with E-state index in [4.69, 9.17) is 35.5 Å². The van der Waals surface area contributed by atoms with E-state index in [-0.39, 0.29) is 31.3 Å². The van der Waals surface area contributed by atoms with E-state index in [9.17, 15) is 18.7 Å². The predicted octanol–water partition coefficient (Wildman–Crippen LogP) is 8.30. The zero-order chi connectivity index (χ0) is 44.1. The second kappa shape index (κ2) is 19.4. The number of halogens is 3. The number of methoxy groups -OCH3 is 1. The van der Waals surface area contributed by atoms with Gasteiger partial charge >= 0.3 is 5.97 Å². The number of fused-ring (bicyclic) bond motifs is 1. The van der Waals surface area contributed by atoms with Crippen LogP contribution in [-0.4, -0.2) is 119 Å². The van der Waals surface area contributed by atoms with Crippen molar-refractivity contribution in [3.05, 3.63) is 101 Å². The third-order valence-electron chi connectivity index (χ3n) is 11.4. The van der Waals surface area contributed by atoms with E-state index in [0.717, 1.165) is 60.9 Å². The van der Waals surface area contributed by atoms with Crippen LogP contribution >= 0.6 is 23.1 Å². The van der Waals surface area contributed by atoms with Gasteiger partial charge in [0, 0.05) is 75.6 Å². The number of carbonyl (C=O) groups is 1. The molecule has 0 bridgehead atoms. The molecule has 0 amide bonds. The summed E-state index contributed by atoms with van der Waals surface area (Å²) < 4.78 is 58.1. The van der Waals surface area contributed by atoms with E-state index in [0.29, 0.717) is 74.4 Å². The summed E-state index contributed by atoms with van der Waals surface area (Å²) in [5.74, 6) is -2.06. The molecule has 13 nitrogen and oxygen atoms in total. The summed E-state index contributed by atoms with van der Waals surface area (Å²) in [4.78, 5) is 32.8. The standard InChI is InChI=1S/C46H48ClF2N7O6S/c1-29-34(12-13-36(41(29)47)60-23-22-55-20-18-54(2)19-21-55)39-40-38(26-51-42(39)31-9-6-10-33(24-31)59-3)63-53-43(40)62-37(44(57)58)25-30-8-4-5-11-35(30)61-27-32-14-16-50-45(52-32)56-17-7-15-46(48,49)28-56/h4-6,8-14,16,24,26,37H,7,15,17-23,25,27-28H2,1-3H3,(H,57,58)/t37-/m1/s1. The Kier molecular flexibility index (Phi) is 13.5. The van der Waals surface area contributed by atoms with E-state index in [1.807, 2.05) is 43.3 Å². The number of carboxylic acid groups (broad SMARTS) is 1. The Balaban J connectivity index is 1.08. The maximum absolute atomic E-state index is 14.2. The molecule has 2 fully saturated rings. The molecule has 0 saturated carbocycles. The van der Waals surface area contributed by atoms with Crippen LogP contribution in [0.1, 0.15) is 29.7 Å². The van der Waals surface area contributed by atoms with Crippen molar-refractivity contribution in [1.29, 1.82) is 0 Å². The number of pyridine rings is 1. The lowest BCUT2D eigenvalue weighted by molar-refractivity contribution is -0.145. The zero-order valence-corrected chi connectivity index (χ0v) is 36.8. The van der Waals surface area contributed by atoms with E-state index in [1.54, 1.807) is 43.6 Å². The smallest absolute Gasteiger partial charge is 0.345 e. The van der Waals surface area contributed by atoms with Gasteiger partial charge in [-0.1, -0.05) is 48.0 Å². The van der Waals surface area contributed by atoms with Crippen LogP contribution in [0.15, 0.2) is 79.1 Å². The Morgan fingerprint density at radius 1 is 1.00 bits per heavy atom. The highest BCUT2D eigenvalue weighted by Gasteiger charge is 2.36. The molecule has 0 aliphatic carbocycles. The number of piperazine rings is 1. The van der Waals surface area contributed by atoms with Gasteiger partial charge < -0.3 is 33.9 Å². The molecule has 0 unspecified atom stereocenters. The van der Waals surface area contributed by atoms with Crippen LogP contribution in [0.5, 0.6) is 23.1 Å². The van der Waals surface area contributed by atoms with Crippen molar-refractivity contribution in [3.8, 4) is 45.5 Å². The summed E-state index contributed by atoms with van der Waals surface area (Å²) in [5, 5.41) is 11.7. The predicted molar refractivity (Wildman–Crippen MR) is 239 cm³/mol. The molecule has 1 atom stereocenters. The lowest BCUT2D eigenvalue weighted by atomic mass is 9.93. The Labute approximate surface area is 373 Å². The van der Waals surface area contributed by atoms with Gasteiger partial charge in [-0.3, -0.25) is 9.88 Å². The molecule has 2 aliphatic rings. The molecular formula is C46H48ClF2N7O6S. The third kappa shape index (κ3) is 10.3. The fourth-order valence-electron chi connectivity index (χ4n) is 7.88. The quantitative estimate of drug-likeness (QED) is 0.0999. The highest BCUT2D eigenvalue weighted by molar-refractivity contribution is 7.13. The second-order valence-electron chi connectivity index (χ2n) is 15.8. The van der Waals surface area contributed by atoms with Crippen molar-refractivity contribution in [2.75, 3.05) is 71.5 Å². The molecule has 3 aromatic carbocycles. The first-order chi connectivity index (χ1) is 30.5. The molecule has 5 heterocycles. The van der Waals surface area contributed by atoms with Crippen molar-refractivity contribution >= 4 is 45.1 Å². The Morgan fingerprint density at radius 3 is 2.62 bits per heavy atom. The summed E-state index contributed by atoms with van der Waals surface area (Å²) in [7, 11) is 3.73. The lowest BCUT2D eigenvalue weighted by Gasteiger charge is -2.32. The van der Waals surface area contributed by atoms with E-state index >= 15 is 0 Å². The van der Waals surface area contributed by atoms with Crippen LogP contribution in [0.2, 0.25) is 5.02 Å². The van der Waals surface area contributed by atoms with Gasteiger partial charge in [0.15, 0.2) is 0 Å². The maximum Gasteiger partial charge on any atom is 0.345 e. The number of alkyl halides is 2. The summed E-state index contributed by atoms with van der Waals surface area (Å²) >= 11 is 8.24. The number of hydrogen-bond donors (Lipinski definition) is 1. The SMILES string of the molecule is COc1cccc(-c2ncc3snc(O[C@H](Cc4ccccc4OCc4ccnc(N5CCCC(F)(F)C5)n4)C(=O)O)c3c2-c2ccc(OCCN3CCN(C)CC3)c(Cl)c2C)c1. The highest BCUT2D eigenvalue weighted by atomic mass is 35.5. The molecule has 17 heteroatoms. The van der Waals surface area contributed by atoms with Gasteiger partial charge in [-0.15, -0.1) is 0 Å². The van der Waals surface area contributed by atoms with Crippen LogP contribution in [0, 0.1) is 6.92 Å². The minimum absolute atomic E-state index is 0.00249. The number of rotatable bonds is 16. The zero-order valence-electron chi connectivity index (χ0n) is 35.2. The number of aromatic nitrogens is 4. The van der Waals surface area contributed by atoms with Gasteiger partial charge in [0.1, 0.15) is 30.5 Å². The van der Waals surface area contributed by atoms with E-state index in [1.165, 1.54) is 11.1 Å². The average Bonchev–Trinajstić information content (AvgIpc) is 3.70. The summed E-state index contributed by atoms with van der Waals surface area (Å²) in [6.07, 6.45) is 1.94. The van der Waals surface area contributed by atoms with Gasteiger partial charge in [0.2, 0.25) is 17.9 Å². The second-order valence-corrected chi connectivity index (χ2v) is 16.9. The highest BCUT2D eigenvalue weighted by Crippen LogP contribution is 2.46. The topological polar surface area (TPSA) is 136 Å². The summed E-state index contributed by atoms with van der Waals surface area (Å²) in [6.45, 7) is 7.17. The van der Waals surface area contributed by atoms with Crippen molar-refractivity contribution in [2.24, 2.45) is 0 Å². The minimum Gasteiger partial charge on any atom is -0.497 e. The maximum atomic E-state index is 14.2. The van der Waals surface area contributed by atoms with Crippen molar-refractivity contribution < 1.29 is 37.6 Å². The number of likely N-dealkylation sites (N-methyl/N-ethyl adjacent to an activating group) is 1. The van der Waals surface area contributed by atoms with Crippen LogP contribution in [0.4, 0.5) is 14.7 Å². The molecular weight excluding hydrogens is 852 g/mol. The van der Waals surface area contributed by atoms with Crippen molar-refractivity contribution in [3.63, 3.8) is 0 Å². The van der Waals surface area contributed by atoms with Crippen molar-refractivity contribution in [2.45, 2.75) is 44.8 Å².